The fourth-order valence-corrected chi connectivity index (χ4v) is 9.38. The van der Waals surface area contributed by atoms with Crippen molar-refractivity contribution in [2.75, 3.05) is 19.8 Å². The second-order valence-electron chi connectivity index (χ2n) is 22.1. The number of aliphatic hydroxyl groups excluding tert-OH is 8. The number of carbonyl (C=O) groups excluding carboxylic acids is 1. The Morgan fingerprint density at radius 3 is 1.26 bits per heavy atom. The molecule has 2 heterocycles. The van der Waals surface area contributed by atoms with E-state index in [2.05, 4.69) is 177 Å². The highest BCUT2D eigenvalue weighted by molar-refractivity contribution is 5.76. The second-order valence-corrected chi connectivity index (χ2v) is 22.1. The molecule has 0 aliphatic carbocycles. The monoisotopic (exact) mass is 1210 g/mol. The van der Waals surface area contributed by atoms with Gasteiger partial charge in [-0.15, -0.1) is 0 Å². The van der Waals surface area contributed by atoms with Crippen molar-refractivity contribution in [1.82, 2.24) is 5.32 Å². The Morgan fingerprint density at radius 2 is 0.805 bits per heavy atom. The number of allylic oxidation sites excluding steroid dienone is 27. The molecule has 490 valence electrons. The maximum atomic E-state index is 13.3. The maximum Gasteiger partial charge on any atom is 0.220 e. The highest BCUT2D eigenvalue weighted by atomic mass is 16.7. The number of hydrogen-bond acceptors (Lipinski definition) is 13. The molecule has 12 unspecified atom stereocenters. The van der Waals surface area contributed by atoms with Crippen molar-refractivity contribution < 1.29 is 64.6 Å². The van der Waals surface area contributed by atoms with Crippen LogP contribution in [0.2, 0.25) is 0 Å². The minimum Gasteiger partial charge on any atom is -0.394 e. The average molecular weight is 1210 g/mol. The fourth-order valence-electron chi connectivity index (χ4n) is 9.38. The van der Waals surface area contributed by atoms with Crippen LogP contribution in [-0.4, -0.2) is 140 Å². The van der Waals surface area contributed by atoms with E-state index in [1.807, 2.05) is 6.08 Å². The van der Waals surface area contributed by atoms with Crippen molar-refractivity contribution in [2.45, 2.75) is 261 Å². The normalized spacial score (nSPS) is 24.4. The summed E-state index contributed by atoms with van der Waals surface area (Å²) >= 11 is 0. The van der Waals surface area contributed by atoms with E-state index < -0.39 is 86.8 Å². The summed E-state index contributed by atoms with van der Waals surface area (Å²) in [6, 6.07) is -0.969. The Morgan fingerprint density at radius 1 is 0.425 bits per heavy atom. The highest BCUT2D eigenvalue weighted by Crippen LogP contribution is 2.30. The number of ether oxygens (including phenoxy) is 4. The van der Waals surface area contributed by atoms with Gasteiger partial charge in [0.15, 0.2) is 12.6 Å². The first-order valence-corrected chi connectivity index (χ1v) is 32.9. The molecule has 0 bridgehead atoms. The van der Waals surface area contributed by atoms with Gasteiger partial charge in [-0.2, -0.15) is 0 Å². The molecule has 2 fully saturated rings. The highest BCUT2D eigenvalue weighted by Gasteiger charge is 2.51. The third kappa shape index (κ3) is 39.9. The van der Waals surface area contributed by atoms with Gasteiger partial charge in [-0.05, 0) is 128 Å². The van der Waals surface area contributed by atoms with Crippen molar-refractivity contribution in [1.29, 1.82) is 0 Å². The molecule has 2 aliphatic rings. The van der Waals surface area contributed by atoms with Crippen LogP contribution < -0.4 is 5.32 Å². The zero-order valence-corrected chi connectivity index (χ0v) is 52.9. The van der Waals surface area contributed by atoms with Gasteiger partial charge in [0.25, 0.3) is 0 Å². The largest absolute Gasteiger partial charge is 0.394 e. The second kappa shape index (κ2) is 55.4. The molecule has 2 aliphatic heterocycles. The number of aliphatic hydroxyl groups is 8. The lowest BCUT2D eigenvalue weighted by Crippen LogP contribution is -2.65. The molecule has 14 nitrogen and oxygen atoms in total. The fraction of sp³-hybridized carbons (Fsp3) is 0.603. The molecule has 2 rings (SSSR count). The zero-order chi connectivity index (χ0) is 63.1. The van der Waals surface area contributed by atoms with Gasteiger partial charge in [-0.1, -0.05) is 223 Å². The number of unbranched alkanes of at least 4 members (excludes halogenated alkanes) is 11. The summed E-state index contributed by atoms with van der Waals surface area (Å²) in [6.45, 7) is 2.60. The van der Waals surface area contributed by atoms with Crippen LogP contribution in [0.4, 0.5) is 0 Å². The standard InChI is InChI=1S/C73H115NO13/c1-3-5-7-9-11-13-15-17-19-21-22-23-24-25-26-27-28-29-30-31-32-33-34-35-36-37-38-39-40-41-43-45-47-49-51-53-55-57-65(78)74-61(62(77)56-54-52-50-48-46-44-42-20-18-16-14-12-10-8-6-4-2)60-84-72-70(83)68(81)71(64(59-76)86-72)87-73-69(82)67(80)66(79)63(58-75)85-73/h5,7,11,13,17-20,22-23,25-26,28-29,31-32,34-35,37-38,40-41,45-48,54,56,61-64,66-73,75-77,79-83H,3-4,6,8-10,12,14-16,21,24,27,30,33,36,39,42-44,49-53,55,57-60H2,1-2H3,(H,74,78)/b7-5-,13-11-,19-17-,20-18+,23-22-,26-25-,29-28-,32-31-,35-34-,38-37-,41-40-,47-45-,48-46+,56-54+. The van der Waals surface area contributed by atoms with Gasteiger partial charge in [-0.25, -0.2) is 0 Å². The first-order chi connectivity index (χ1) is 42.6. The van der Waals surface area contributed by atoms with Crippen LogP contribution in [0.1, 0.15) is 187 Å². The molecule has 0 saturated carbocycles. The van der Waals surface area contributed by atoms with Crippen molar-refractivity contribution in [3.8, 4) is 0 Å². The molecular formula is C73H115NO13. The Balaban J connectivity index is 1.72. The molecule has 87 heavy (non-hydrogen) atoms. The van der Waals surface area contributed by atoms with Crippen LogP contribution in [0, 0.1) is 0 Å². The van der Waals surface area contributed by atoms with E-state index in [0.717, 1.165) is 116 Å². The lowest BCUT2D eigenvalue weighted by molar-refractivity contribution is -0.359. The van der Waals surface area contributed by atoms with E-state index in [-0.39, 0.29) is 18.9 Å². The molecule has 0 aromatic rings. The number of carbonyl (C=O) groups is 1. The van der Waals surface area contributed by atoms with Gasteiger partial charge >= 0.3 is 0 Å². The van der Waals surface area contributed by atoms with Crippen LogP contribution >= 0.6 is 0 Å². The third-order valence-corrected chi connectivity index (χ3v) is 14.6. The van der Waals surface area contributed by atoms with Crippen LogP contribution in [0.3, 0.4) is 0 Å². The topological polar surface area (TPSA) is 228 Å². The smallest absolute Gasteiger partial charge is 0.220 e. The molecule has 0 radical (unpaired) electrons. The number of hydrogen-bond donors (Lipinski definition) is 9. The van der Waals surface area contributed by atoms with Crippen LogP contribution in [-0.2, 0) is 23.7 Å². The predicted molar refractivity (Wildman–Crippen MR) is 354 cm³/mol. The predicted octanol–water partition coefficient (Wildman–Crippen LogP) is 12.8. The molecule has 2 saturated heterocycles. The first-order valence-electron chi connectivity index (χ1n) is 32.9. The summed E-state index contributed by atoms with van der Waals surface area (Å²) in [7, 11) is 0. The summed E-state index contributed by atoms with van der Waals surface area (Å²) in [6.07, 6.45) is 69.7. The Bertz CT molecular complexity index is 2110. The van der Waals surface area contributed by atoms with Crippen LogP contribution in [0.15, 0.2) is 170 Å². The zero-order valence-electron chi connectivity index (χ0n) is 52.9. The van der Waals surface area contributed by atoms with Gasteiger partial charge in [0.05, 0.1) is 32.0 Å². The van der Waals surface area contributed by atoms with Gasteiger partial charge in [0.2, 0.25) is 5.91 Å². The van der Waals surface area contributed by atoms with Gasteiger partial charge in [0, 0.05) is 6.42 Å². The third-order valence-electron chi connectivity index (χ3n) is 14.6. The van der Waals surface area contributed by atoms with Crippen molar-refractivity contribution in [2.24, 2.45) is 0 Å². The van der Waals surface area contributed by atoms with E-state index in [4.69, 9.17) is 18.9 Å². The lowest BCUT2D eigenvalue weighted by atomic mass is 9.97. The Labute approximate surface area is 524 Å². The van der Waals surface area contributed by atoms with Crippen LogP contribution in [0.5, 0.6) is 0 Å². The van der Waals surface area contributed by atoms with Crippen LogP contribution in [0.25, 0.3) is 0 Å². The van der Waals surface area contributed by atoms with Gasteiger partial charge in [-0.3, -0.25) is 4.79 Å². The summed E-state index contributed by atoms with van der Waals surface area (Å²) in [5, 5.41) is 87.1. The number of amides is 1. The molecule has 9 N–H and O–H groups in total. The minimum atomic E-state index is -1.81. The van der Waals surface area contributed by atoms with E-state index in [1.165, 1.54) is 38.5 Å². The minimum absolute atomic E-state index is 0.218. The van der Waals surface area contributed by atoms with Crippen molar-refractivity contribution >= 4 is 5.91 Å². The van der Waals surface area contributed by atoms with E-state index in [1.54, 1.807) is 6.08 Å². The SMILES string of the molecule is CC/C=C\C/C=C\C/C=C\C/C=C\C/C=C\C/C=C\C/C=C\C/C=C\C/C=C\C/C=C\C/C=C\CCCCCC(=O)NC(COC1OC(CO)C(OC2OC(CO)C(O)C(O)C2O)C(O)C1O)C(O)/C=C/CC/C=C/CC/C=C/CCCCCCCC. The molecule has 12 atom stereocenters. The number of nitrogens with one attached hydrogen (secondary N) is 1. The van der Waals surface area contributed by atoms with E-state index in [9.17, 15) is 45.6 Å². The van der Waals surface area contributed by atoms with Crippen molar-refractivity contribution in [3.63, 3.8) is 0 Å². The summed E-state index contributed by atoms with van der Waals surface area (Å²) in [4.78, 5) is 13.3. The molecule has 14 heteroatoms. The van der Waals surface area contributed by atoms with Gasteiger partial charge < -0.3 is 65.1 Å². The summed E-state index contributed by atoms with van der Waals surface area (Å²) in [5.41, 5.74) is 0. The first kappa shape index (κ1) is 78.4. The molecule has 1 amide bonds. The van der Waals surface area contributed by atoms with Crippen molar-refractivity contribution in [3.05, 3.63) is 170 Å². The van der Waals surface area contributed by atoms with Gasteiger partial charge in [0.1, 0.15) is 48.8 Å². The van der Waals surface area contributed by atoms with E-state index in [0.29, 0.717) is 12.8 Å². The quantitative estimate of drug-likeness (QED) is 0.0204. The summed E-state index contributed by atoms with van der Waals surface area (Å²) < 4.78 is 22.7. The lowest BCUT2D eigenvalue weighted by Gasteiger charge is -2.46. The molecule has 0 aromatic heterocycles. The Hall–Kier alpha value is -4.65. The summed E-state index contributed by atoms with van der Waals surface area (Å²) in [5.74, 6) is -0.294. The number of rotatable bonds is 50. The average Bonchev–Trinajstić information content (AvgIpc) is 2.36. The van der Waals surface area contributed by atoms with E-state index >= 15 is 0 Å². The molecular weight excluding hydrogens is 1100 g/mol. The molecule has 0 spiro atoms. The Kier molecular flexibility index (Phi) is 50.0. The molecule has 0 aromatic carbocycles. The maximum absolute atomic E-state index is 13.3.